The Morgan fingerprint density at radius 1 is 1.08 bits per heavy atom. The molecule has 0 radical (unpaired) electrons. The fourth-order valence-electron chi connectivity index (χ4n) is 2.87. The second-order valence-electron chi connectivity index (χ2n) is 6.19. The summed E-state index contributed by atoms with van der Waals surface area (Å²) in [7, 11) is -3.32. The van der Waals surface area contributed by atoms with E-state index < -0.39 is 9.84 Å². The Morgan fingerprint density at radius 2 is 1.84 bits per heavy atom. The van der Waals surface area contributed by atoms with Gasteiger partial charge >= 0.3 is 0 Å². The Balaban J connectivity index is 1.62. The summed E-state index contributed by atoms with van der Waals surface area (Å²) in [5.74, 6) is -0.122. The monoisotopic (exact) mass is 359 g/mol. The third-order valence-electron chi connectivity index (χ3n) is 4.28. The van der Waals surface area contributed by atoms with Gasteiger partial charge in [0, 0.05) is 50.7 Å². The number of carbonyl (C=O) groups excluding carboxylic acids is 1. The van der Waals surface area contributed by atoms with Gasteiger partial charge in [-0.1, -0.05) is 12.1 Å². The number of aromatic nitrogens is 1. The minimum absolute atomic E-state index is 0.122. The van der Waals surface area contributed by atoms with Crippen molar-refractivity contribution in [3.63, 3.8) is 0 Å². The van der Waals surface area contributed by atoms with Crippen LogP contribution in [0.3, 0.4) is 0 Å². The summed E-state index contributed by atoms with van der Waals surface area (Å²) >= 11 is 0. The normalized spacial score (nSPS) is 16.0. The van der Waals surface area contributed by atoms with Gasteiger partial charge in [-0.05, 0) is 30.3 Å². The molecule has 1 aliphatic heterocycles. The van der Waals surface area contributed by atoms with Gasteiger partial charge in [0.15, 0.2) is 9.84 Å². The second-order valence-corrected chi connectivity index (χ2v) is 8.21. The lowest BCUT2D eigenvalue weighted by atomic mass is 10.2. The number of amides is 1. The van der Waals surface area contributed by atoms with Crippen molar-refractivity contribution < 1.29 is 13.2 Å². The van der Waals surface area contributed by atoms with Gasteiger partial charge in [-0.25, -0.2) is 8.42 Å². The number of nitrogens with zero attached hydrogens (tertiary/aromatic N) is 3. The van der Waals surface area contributed by atoms with Crippen molar-refractivity contribution in [1.29, 1.82) is 0 Å². The van der Waals surface area contributed by atoms with E-state index in [1.165, 1.54) is 12.1 Å². The highest BCUT2D eigenvalue weighted by molar-refractivity contribution is 7.90. The van der Waals surface area contributed by atoms with E-state index in [1.807, 2.05) is 18.2 Å². The molecule has 7 heteroatoms. The molecule has 132 valence electrons. The molecule has 2 aromatic rings. The summed E-state index contributed by atoms with van der Waals surface area (Å²) in [5.41, 5.74) is 1.43. The minimum Gasteiger partial charge on any atom is -0.336 e. The molecule has 0 bridgehead atoms. The summed E-state index contributed by atoms with van der Waals surface area (Å²) in [6.07, 6.45) is 2.93. The van der Waals surface area contributed by atoms with Gasteiger partial charge in [0.1, 0.15) is 0 Å². The lowest BCUT2D eigenvalue weighted by Crippen LogP contribution is -2.48. The van der Waals surface area contributed by atoms with E-state index >= 15 is 0 Å². The standard InChI is InChI=1S/C18H21N3O3S/c1-25(23,24)17-7-4-5-15(13-17)18(22)21-11-9-20(10-12-21)14-16-6-2-3-8-19-16/h2-8,13H,9-12,14H2,1H3. The number of pyridine rings is 1. The third-order valence-corrected chi connectivity index (χ3v) is 5.39. The molecular weight excluding hydrogens is 338 g/mol. The van der Waals surface area contributed by atoms with Gasteiger partial charge in [-0.15, -0.1) is 0 Å². The molecule has 0 aliphatic carbocycles. The maximum atomic E-state index is 12.6. The Morgan fingerprint density at radius 3 is 2.48 bits per heavy atom. The molecule has 1 amide bonds. The van der Waals surface area contributed by atoms with E-state index in [9.17, 15) is 13.2 Å². The highest BCUT2D eigenvalue weighted by Crippen LogP contribution is 2.15. The highest BCUT2D eigenvalue weighted by atomic mass is 32.2. The molecule has 0 saturated carbocycles. The van der Waals surface area contributed by atoms with Gasteiger partial charge in [-0.2, -0.15) is 0 Å². The summed E-state index contributed by atoms with van der Waals surface area (Å²) < 4.78 is 23.3. The lowest BCUT2D eigenvalue weighted by Gasteiger charge is -2.34. The molecule has 1 saturated heterocycles. The van der Waals surface area contributed by atoms with Crippen LogP contribution in [0.4, 0.5) is 0 Å². The van der Waals surface area contributed by atoms with Gasteiger partial charge in [0.25, 0.3) is 5.91 Å². The third kappa shape index (κ3) is 4.43. The van der Waals surface area contributed by atoms with Crippen molar-refractivity contribution in [2.45, 2.75) is 11.4 Å². The predicted molar refractivity (Wildman–Crippen MR) is 95.0 cm³/mol. The number of rotatable bonds is 4. The number of hydrogen-bond donors (Lipinski definition) is 0. The van der Waals surface area contributed by atoms with Crippen LogP contribution in [0.5, 0.6) is 0 Å². The Bertz CT molecular complexity index is 845. The molecule has 2 heterocycles. The first-order valence-corrected chi connectivity index (χ1v) is 10.0. The number of hydrogen-bond acceptors (Lipinski definition) is 5. The van der Waals surface area contributed by atoms with Crippen LogP contribution in [0.2, 0.25) is 0 Å². The van der Waals surface area contributed by atoms with Crippen LogP contribution >= 0.6 is 0 Å². The zero-order valence-corrected chi connectivity index (χ0v) is 14.9. The quantitative estimate of drug-likeness (QED) is 0.826. The number of sulfone groups is 1. The number of benzene rings is 1. The van der Waals surface area contributed by atoms with Gasteiger partial charge in [-0.3, -0.25) is 14.7 Å². The smallest absolute Gasteiger partial charge is 0.253 e. The van der Waals surface area contributed by atoms with E-state index in [4.69, 9.17) is 0 Å². The van der Waals surface area contributed by atoms with Crippen LogP contribution in [-0.2, 0) is 16.4 Å². The predicted octanol–water partition coefficient (Wildman–Crippen LogP) is 1.44. The average Bonchev–Trinajstić information content (AvgIpc) is 2.62. The fourth-order valence-corrected chi connectivity index (χ4v) is 3.54. The summed E-state index contributed by atoms with van der Waals surface area (Å²) in [6.45, 7) is 3.55. The van der Waals surface area contributed by atoms with Crippen molar-refractivity contribution in [2.24, 2.45) is 0 Å². The van der Waals surface area contributed by atoms with E-state index in [2.05, 4.69) is 9.88 Å². The van der Waals surface area contributed by atoms with Crippen LogP contribution in [0.1, 0.15) is 16.1 Å². The van der Waals surface area contributed by atoms with Gasteiger partial charge in [0.05, 0.1) is 10.6 Å². The van der Waals surface area contributed by atoms with E-state index in [0.717, 1.165) is 31.6 Å². The molecule has 0 N–H and O–H groups in total. The Hall–Kier alpha value is -2.25. The zero-order valence-electron chi connectivity index (χ0n) is 14.1. The molecule has 1 aliphatic rings. The highest BCUT2D eigenvalue weighted by Gasteiger charge is 2.23. The van der Waals surface area contributed by atoms with Gasteiger partial charge < -0.3 is 4.90 Å². The molecule has 0 spiro atoms. The minimum atomic E-state index is -3.32. The van der Waals surface area contributed by atoms with Crippen LogP contribution in [0.25, 0.3) is 0 Å². The molecule has 0 unspecified atom stereocenters. The molecular formula is C18H21N3O3S. The fraction of sp³-hybridized carbons (Fsp3) is 0.333. The molecule has 0 atom stereocenters. The van der Waals surface area contributed by atoms with Crippen molar-refractivity contribution in [3.05, 3.63) is 59.9 Å². The maximum absolute atomic E-state index is 12.6. The topological polar surface area (TPSA) is 70.6 Å². The first-order valence-electron chi connectivity index (χ1n) is 8.15. The molecule has 1 fully saturated rings. The van der Waals surface area contributed by atoms with E-state index in [1.54, 1.807) is 23.2 Å². The molecule has 25 heavy (non-hydrogen) atoms. The van der Waals surface area contributed by atoms with Crippen molar-refractivity contribution in [3.8, 4) is 0 Å². The lowest BCUT2D eigenvalue weighted by molar-refractivity contribution is 0.0627. The maximum Gasteiger partial charge on any atom is 0.253 e. The Kier molecular flexibility index (Phi) is 5.15. The average molecular weight is 359 g/mol. The molecule has 3 rings (SSSR count). The van der Waals surface area contributed by atoms with Crippen LogP contribution in [0.15, 0.2) is 53.6 Å². The number of piperazine rings is 1. The van der Waals surface area contributed by atoms with Crippen molar-refractivity contribution >= 4 is 15.7 Å². The van der Waals surface area contributed by atoms with Crippen LogP contribution in [0, 0.1) is 0 Å². The summed E-state index contributed by atoms with van der Waals surface area (Å²) in [6, 6.07) is 12.1. The van der Waals surface area contributed by atoms with Gasteiger partial charge in [0.2, 0.25) is 0 Å². The first-order chi connectivity index (χ1) is 11.9. The summed E-state index contributed by atoms with van der Waals surface area (Å²) in [4.78, 5) is 21.2. The summed E-state index contributed by atoms with van der Waals surface area (Å²) in [5, 5.41) is 0. The van der Waals surface area contributed by atoms with Crippen LogP contribution < -0.4 is 0 Å². The SMILES string of the molecule is CS(=O)(=O)c1cccc(C(=O)N2CCN(Cc3ccccn3)CC2)c1. The number of carbonyl (C=O) groups is 1. The van der Waals surface area contributed by atoms with Crippen molar-refractivity contribution in [2.75, 3.05) is 32.4 Å². The zero-order chi connectivity index (χ0) is 17.9. The second kappa shape index (κ2) is 7.33. The molecule has 1 aromatic carbocycles. The van der Waals surface area contributed by atoms with E-state index in [-0.39, 0.29) is 10.8 Å². The first kappa shape index (κ1) is 17.6. The Labute approximate surface area is 148 Å². The van der Waals surface area contributed by atoms with Crippen molar-refractivity contribution in [1.82, 2.24) is 14.8 Å². The molecule has 6 nitrogen and oxygen atoms in total. The van der Waals surface area contributed by atoms with E-state index in [0.29, 0.717) is 18.7 Å². The van der Waals surface area contributed by atoms with Crippen LogP contribution in [-0.4, -0.2) is 61.5 Å². The largest absolute Gasteiger partial charge is 0.336 e. The molecule has 1 aromatic heterocycles.